The Kier molecular flexibility index (Phi) is 5.25. The number of halogens is 1. The van der Waals surface area contributed by atoms with Gasteiger partial charge < -0.3 is 10.6 Å². The summed E-state index contributed by atoms with van der Waals surface area (Å²) in [5, 5.41) is 2.43. The lowest BCUT2D eigenvalue weighted by molar-refractivity contribution is 0.0565. The van der Waals surface area contributed by atoms with Gasteiger partial charge in [-0.05, 0) is 43.7 Å². The van der Waals surface area contributed by atoms with Crippen LogP contribution in [0.4, 0.5) is 0 Å². The normalized spacial score (nSPS) is 23.3. The molecule has 19 heavy (non-hydrogen) atoms. The first-order chi connectivity index (χ1) is 9.19. The molecule has 2 rings (SSSR count). The highest BCUT2D eigenvalue weighted by Gasteiger charge is 2.32. The van der Waals surface area contributed by atoms with Gasteiger partial charge in [0.15, 0.2) is 0 Å². The third kappa shape index (κ3) is 3.12. The first kappa shape index (κ1) is 14.8. The quantitative estimate of drug-likeness (QED) is 0.926. The highest BCUT2D eigenvalue weighted by Crippen LogP contribution is 2.31. The van der Waals surface area contributed by atoms with Crippen molar-refractivity contribution in [3.63, 3.8) is 0 Å². The molecule has 0 spiro atoms. The summed E-state index contributed by atoms with van der Waals surface area (Å²) >= 11 is 7.50. The van der Waals surface area contributed by atoms with Crippen molar-refractivity contribution in [3.05, 3.63) is 21.3 Å². The molecule has 3 nitrogen and oxygen atoms in total. The van der Waals surface area contributed by atoms with Crippen molar-refractivity contribution in [2.45, 2.75) is 38.6 Å². The molecule has 0 aromatic carbocycles. The predicted octanol–water partition coefficient (Wildman–Crippen LogP) is 3.38. The van der Waals surface area contributed by atoms with Gasteiger partial charge in [-0.3, -0.25) is 4.79 Å². The lowest BCUT2D eigenvalue weighted by atomic mass is 9.83. The average molecular weight is 301 g/mol. The van der Waals surface area contributed by atoms with Crippen molar-refractivity contribution in [1.29, 1.82) is 0 Å². The number of amides is 1. The summed E-state index contributed by atoms with van der Waals surface area (Å²) in [5.41, 5.74) is 5.87. The number of nitrogens with two attached hydrogens (primary N) is 1. The van der Waals surface area contributed by atoms with E-state index in [0.29, 0.717) is 28.9 Å². The van der Waals surface area contributed by atoms with Crippen LogP contribution in [-0.4, -0.2) is 29.9 Å². The van der Waals surface area contributed by atoms with Crippen LogP contribution in [0.5, 0.6) is 0 Å². The fraction of sp³-hybridized carbons (Fsp3) is 0.643. The zero-order chi connectivity index (χ0) is 13.8. The van der Waals surface area contributed by atoms with Gasteiger partial charge in [-0.1, -0.05) is 24.4 Å². The second kappa shape index (κ2) is 6.73. The fourth-order valence-electron chi connectivity index (χ4n) is 2.98. The highest BCUT2D eigenvalue weighted by atomic mass is 35.5. The Morgan fingerprint density at radius 3 is 2.84 bits per heavy atom. The fourth-order valence-corrected chi connectivity index (χ4v) is 4.07. The van der Waals surface area contributed by atoms with Gasteiger partial charge >= 0.3 is 0 Å². The van der Waals surface area contributed by atoms with E-state index >= 15 is 0 Å². The summed E-state index contributed by atoms with van der Waals surface area (Å²) < 4.78 is 0. The number of rotatable bonds is 4. The summed E-state index contributed by atoms with van der Waals surface area (Å²) in [4.78, 5) is 15.3. The van der Waals surface area contributed by atoms with Crippen LogP contribution in [0, 0.1) is 5.92 Å². The van der Waals surface area contributed by atoms with Crippen LogP contribution in [-0.2, 0) is 0 Å². The van der Waals surface area contributed by atoms with Gasteiger partial charge in [0, 0.05) is 12.6 Å². The Morgan fingerprint density at radius 1 is 1.53 bits per heavy atom. The molecule has 2 atom stereocenters. The molecule has 2 unspecified atom stereocenters. The van der Waals surface area contributed by atoms with Crippen LogP contribution < -0.4 is 5.73 Å². The van der Waals surface area contributed by atoms with Gasteiger partial charge in [-0.2, -0.15) is 0 Å². The number of nitrogens with zero attached hydrogens (tertiary/aromatic N) is 1. The van der Waals surface area contributed by atoms with Gasteiger partial charge in [-0.15, -0.1) is 11.3 Å². The van der Waals surface area contributed by atoms with E-state index in [2.05, 4.69) is 0 Å². The molecule has 1 heterocycles. The van der Waals surface area contributed by atoms with E-state index < -0.39 is 0 Å². The molecule has 1 aliphatic carbocycles. The van der Waals surface area contributed by atoms with Crippen molar-refractivity contribution in [2.75, 3.05) is 13.1 Å². The van der Waals surface area contributed by atoms with Gasteiger partial charge in [0.05, 0.1) is 5.02 Å². The number of hydrogen-bond donors (Lipinski definition) is 1. The monoisotopic (exact) mass is 300 g/mol. The van der Waals surface area contributed by atoms with Crippen LogP contribution in [0.25, 0.3) is 0 Å². The van der Waals surface area contributed by atoms with Crippen molar-refractivity contribution >= 4 is 28.8 Å². The molecule has 0 aliphatic heterocycles. The molecule has 106 valence electrons. The third-order valence-electron chi connectivity index (χ3n) is 3.99. The number of thiophene rings is 1. The molecular formula is C14H21ClN2OS. The van der Waals surface area contributed by atoms with E-state index in [0.717, 1.165) is 12.8 Å². The molecular weight excluding hydrogens is 280 g/mol. The first-order valence-corrected chi connectivity index (χ1v) is 8.18. The topological polar surface area (TPSA) is 46.3 Å². The number of carbonyl (C=O) groups excluding carboxylic acids is 1. The van der Waals surface area contributed by atoms with Crippen molar-refractivity contribution in [3.8, 4) is 0 Å². The molecule has 0 radical (unpaired) electrons. The van der Waals surface area contributed by atoms with Crippen LogP contribution in [0.15, 0.2) is 11.4 Å². The van der Waals surface area contributed by atoms with Gasteiger partial charge in [0.1, 0.15) is 4.88 Å². The molecule has 1 fully saturated rings. The van der Waals surface area contributed by atoms with E-state index in [4.69, 9.17) is 17.3 Å². The summed E-state index contributed by atoms with van der Waals surface area (Å²) in [7, 11) is 0. The van der Waals surface area contributed by atoms with Crippen LogP contribution in [0.1, 0.15) is 42.3 Å². The maximum Gasteiger partial charge on any atom is 0.265 e. The van der Waals surface area contributed by atoms with Crippen LogP contribution >= 0.6 is 22.9 Å². The van der Waals surface area contributed by atoms with Crippen LogP contribution in [0.3, 0.4) is 0 Å². The highest BCUT2D eigenvalue weighted by molar-refractivity contribution is 7.12. The third-order valence-corrected chi connectivity index (χ3v) is 5.31. The summed E-state index contributed by atoms with van der Waals surface area (Å²) in [6.45, 7) is 3.41. The molecule has 5 heteroatoms. The van der Waals surface area contributed by atoms with Crippen LogP contribution in [0.2, 0.25) is 5.02 Å². The minimum atomic E-state index is 0.0628. The van der Waals surface area contributed by atoms with E-state index in [1.54, 1.807) is 6.07 Å². The standard InChI is InChI=1S/C14H21ClN2OS/c1-2-17(12-6-4-3-5-10(12)9-16)14(18)13-11(15)7-8-19-13/h7-8,10,12H,2-6,9,16H2,1H3. The Hall–Kier alpha value is -0.580. The zero-order valence-corrected chi connectivity index (χ0v) is 12.8. The van der Waals surface area contributed by atoms with E-state index in [1.807, 2.05) is 17.2 Å². The summed E-state index contributed by atoms with van der Waals surface area (Å²) in [6, 6.07) is 2.06. The minimum absolute atomic E-state index is 0.0628. The van der Waals surface area contributed by atoms with Gasteiger partial charge in [0.25, 0.3) is 5.91 Å². The Balaban J connectivity index is 2.19. The molecule has 1 aromatic rings. The number of hydrogen-bond acceptors (Lipinski definition) is 3. The zero-order valence-electron chi connectivity index (χ0n) is 11.3. The van der Waals surface area contributed by atoms with Gasteiger partial charge in [0.2, 0.25) is 0 Å². The predicted molar refractivity (Wildman–Crippen MR) is 80.8 cm³/mol. The average Bonchev–Trinajstić information content (AvgIpc) is 2.86. The first-order valence-electron chi connectivity index (χ1n) is 6.93. The molecule has 0 bridgehead atoms. The lowest BCUT2D eigenvalue weighted by Crippen LogP contribution is -2.47. The largest absolute Gasteiger partial charge is 0.335 e. The molecule has 1 aliphatic rings. The number of carbonyl (C=O) groups is 1. The molecule has 1 amide bonds. The second-order valence-electron chi connectivity index (χ2n) is 5.04. The van der Waals surface area contributed by atoms with E-state index in [-0.39, 0.29) is 11.9 Å². The maximum atomic E-state index is 12.6. The van der Waals surface area contributed by atoms with Crippen molar-refractivity contribution in [2.24, 2.45) is 11.7 Å². The Labute approximate surface area is 123 Å². The van der Waals surface area contributed by atoms with Crippen molar-refractivity contribution in [1.82, 2.24) is 4.90 Å². The minimum Gasteiger partial charge on any atom is -0.335 e. The summed E-state index contributed by atoms with van der Waals surface area (Å²) in [6.07, 6.45) is 4.60. The van der Waals surface area contributed by atoms with Crippen molar-refractivity contribution < 1.29 is 4.79 Å². The SMILES string of the molecule is CCN(C(=O)c1sccc1Cl)C1CCCCC1CN. The molecule has 0 saturated heterocycles. The molecule has 1 aromatic heterocycles. The van der Waals surface area contributed by atoms with Gasteiger partial charge in [-0.25, -0.2) is 0 Å². The Bertz CT molecular complexity index is 435. The molecule has 1 saturated carbocycles. The Morgan fingerprint density at radius 2 is 2.26 bits per heavy atom. The summed E-state index contributed by atoms with van der Waals surface area (Å²) in [5.74, 6) is 0.490. The second-order valence-corrected chi connectivity index (χ2v) is 6.36. The van der Waals surface area contributed by atoms with E-state index in [1.165, 1.54) is 24.2 Å². The maximum absolute atomic E-state index is 12.6. The smallest absolute Gasteiger partial charge is 0.265 e. The molecule has 2 N–H and O–H groups in total. The van der Waals surface area contributed by atoms with E-state index in [9.17, 15) is 4.79 Å². The lowest BCUT2D eigenvalue weighted by Gasteiger charge is -2.39.